The maximum absolute atomic E-state index is 12.5. The first kappa shape index (κ1) is 16.5. The van der Waals surface area contributed by atoms with Crippen LogP contribution in [-0.4, -0.2) is 36.2 Å². The van der Waals surface area contributed by atoms with Crippen LogP contribution in [-0.2, 0) is 25.5 Å². The number of Topliss-reactive ketones (excluding diaryl/α,β-unsaturated/α-hetero) is 1. The van der Waals surface area contributed by atoms with Gasteiger partial charge in [0.2, 0.25) is 5.91 Å². The van der Waals surface area contributed by atoms with E-state index in [-0.39, 0.29) is 31.0 Å². The van der Waals surface area contributed by atoms with Gasteiger partial charge in [-0.2, -0.15) is 0 Å². The minimum absolute atomic E-state index is 0.0110. The van der Waals surface area contributed by atoms with Gasteiger partial charge in [0.15, 0.2) is 0 Å². The summed E-state index contributed by atoms with van der Waals surface area (Å²) in [6.45, 7) is 2.39. The normalized spacial score (nSPS) is 23.2. The number of hydrogen-bond donors (Lipinski definition) is 0. The van der Waals surface area contributed by atoms with Crippen LogP contribution >= 0.6 is 0 Å². The minimum atomic E-state index is -1.12. The van der Waals surface area contributed by atoms with Gasteiger partial charge in [0, 0.05) is 37.9 Å². The van der Waals surface area contributed by atoms with Crippen molar-refractivity contribution in [1.82, 2.24) is 4.90 Å². The molecule has 0 radical (unpaired) electrons. The quantitative estimate of drug-likeness (QED) is 0.773. The van der Waals surface area contributed by atoms with Crippen LogP contribution in [0.25, 0.3) is 0 Å². The third-order valence-electron chi connectivity index (χ3n) is 4.73. The second-order valence-electron chi connectivity index (χ2n) is 6.42. The second kappa shape index (κ2) is 6.26. The number of carbonyl (C=O) groups excluding carboxylic acids is 3. The van der Waals surface area contributed by atoms with Gasteiger partial charge < -0.3 is 14.1 Å². The lowest BCUT2D eigenvalue weighted by molar-refractivity contribution is -0.153. The van der Waals surface area contributed by atoms with Gasteiger partial charge in [-0.15, -0.1) is 0 Å². The molecule has 0 bridgehead atoms. The Labute approximate surface area is 140 Å². The highest BCUT2D eigenvalue weighted by Crippen LogP contribution is 2.47. The van der Waals surface area contributed by atoms with E-state index < -0.39 is 11.4 Å². The number of aryl methyl sites for hydroxylation is 2. The van der Waals surface area contributed by atoms with Gasteiger partial charge in [-0.05, 0) is 25.5 Å². The van der Waals surface area contributed by atoms with Crippen LogP contribution in [0.4, 0.5) is 0 Å². The summed E-state index contributed by atoms with van der Waals surface area (Å²) in [6.07, 6.45) is 3.47. The molecule has 24 heavy (non-hydrogen) atoms. The molecule has 1 amide bonds. The number of rotatable bonds is 5. The molecule has 1 aliphatic heterocycles. The highest BCUT2D eigenvalue weighted by molar-refractivity contribution is 5.99. The zero-order valence-corrected chi connectivity index (χ0v) is 14.0. The molecule has 1 fully saturated rings. The molecule has 0 saturated carbocycles. The van der Waals surface area contributed by atoms with Gasteiger partial charge in [0.1, 0.15) is 22.7 Å². The van der Waals surface area contributed by atoms with Gasteiger partial charge >= 0.3 is 5.97 Å². The third-order valence-corrected chi connectivity index (χ3v) is 4.73. The summed E-state index contributed by atoms with van der Waals surface area (Å²) in [5, 5.41) is 0. The number of ether oxygens (including phenoxy) is 1. The summed E-state index contributed by atoms with van der Waals surface area (Å²) >= 11 is 0. The number of amides is 1. The van der Waals surface area contributed by atoms with Crippen LogP contribution in [0.3, 0.4) is 0 Å². The second-order valence-corrected chi connectivity index (χ2v) is 6.42. The smallest absolute Gasteiger partial charge is 0.318 e. The van der Waals surface area contributed by atoms with E-state index in [0.29, 0.717) is 12.2 Å². The van der Waals surface area contributed by atoms with Crippen molar-refractivity contribution >= 4 is 17.7 Å². The number of esters is 1. The Morgan fingerprint density at radius 1 is 1.33 bits per heavy atom. The summed E-state index contributed by atoms with van der Waals surface area (Å²) in [4.78, 5) is 38.2. The van der Waals surface area contributed by atoms with E-state index in [1.165, 1.54) is 7.11 Å². The lowest BCUT2D eigenvalue weighted by Gasteiger charge is -2.31. The molecular weight excluding hydrogens is 310 g/mol. The van der Waals surface area contributed by atoms with Crippen molar-refractivity contribution in [3.05, 3.63) is 35.4 Å². The molecule has 1 aliphatic carbocycles. The average Bonchev–Trinajstić information content (AvgIpc) is 3.08. The van der Waals surface area contributed by atoms with Crippen molar-refractivity contribution in [2.75, 3.05) is 13.7 Å². The fourth-order valence-corrected chi connectivity index (χ4v) is 3.64. The first-order valence-corrected chi connectivity index (χ1v) is 8.13. The molecule has 1 atom stereocenters. The number of furan rings is 1. The average molecular weight is 331 g/mol. The van der Waals surface area contributed by atoms with Crippen molar-refractivity contribution in [1.29, 1.82) is 0 Å². The van der Waals surface area contributed by atoms with E-state index in [9.17, 15) is 14.4 Å². The first-order chi connectivity index (χ1) is 11.5. The van der Waals surface area contributed by atoms with Crippen molar-refractivity contribution in [3.63, 3.8) is 0 Å². The summed E-state index contributed by atoms with van der Waals surface area (Å²) in [5.41, 5.74) is -0.489. The summed E-state index contributed by atoms with van der Waals surface area (Å²) in [7, 11) is 1.29. The molecule has 2 heterocycles. The highest BCUT2D eigenvalue weighted by atomic mass is 16.5. The fourth-order valence-electron chi connectivity index (χ4n) is 3.64. The van der Waals surface area contributed by atoms with Gasteiger partial charge in [-0.3, -0.25) is 14.4 Å². The number of carbonyl (C=O) groups is 3. The number of ketones is 1. The molecule has 6 nitrogen and oxygen atoms in total. The Bertz CT molecular complexity index is 717. The predicted octanol–water partition coefficient (Wildman–Crippen LogP) is 2.16. The van der Waals surface area contributed by atoms with E-state index in [1.807, 2.05) is 19.1 Å². The highest BCUT2D eigenvalue weighted by Gasteiger charge is 2.56. The molecule has 6 heteroatoms. The number of allylic oxidation sites excluding steroid dienone is 1. The maximum atomic E-state index is 12.5. The Morgan fingerprint density at radius 2 is 2.12 bits per heavy atom. The maximum Gasteiger partial charge on any atom is 0.318 e. The zero-order valence-electron chi connectivity index (χ0n) is 14.0. The molecule has 0 aromatic carbocycles. The molecule has 1 aromatic rings. The van der Waals surface area contributed by atoms with Crippen LogP contribution in [0.5, 0.6) is 0 Å². The zero-order chi connectivity index (χ0) is 17.3. The topological polar surface area (TPSA) is 76.8 Å². The van der Waals surface area contributed by atoms with E-state index in [4.69, 9.17) is 9.15 Å². The van der Waals surface area contributed by atoms with Crippen LogP contribution in [0.15, 0.2) is 28.3 Å². The Balaban J connectivity index is 1.75. The van der Waals surface area contributed by atoms with Crippen LogP contribution in [0.1, 0.15) is 37.2 Å². The number of fused-ring (bicyclic) bond motifs is 1. The molecule has 1 unspecified atom stereocenters. The van der Waals surface area contributed by atoms with Crippen molar-refractivity contribution in [3.8, 4) is 0 Å². The summed E-state index contributed by atoms with van der Waals surface area (Å²) in [5.74, 6) is 1.08. The van der Waals surface area contributed by atoms with Gasteiger partial charge in [-0.1, -0.05) is 6.08 Å². The van der Waals surface area contributed by atoms with E-state index in [2.05, 4.69) is 0 Å². The van der Waals surface area contributed by atoms with E-state index in [1.54, 1.807) is 11.0 Å². The number of hydrogen-bond acceptors (Lipinski definition) is 5. The first-order valence-electron chi connectivity index (χ1n) is 8.13. The summed E-state index contributed by atoms with van der Waals surface area (Å²) < 4.78 is 10.4. The molecule has 1 aromatic heterocycles. The third kappa shape index (κ3) is 2.77. The molecule has 0 spiro atoms. The molecule has 1 saturated heterocycles. The number of likely N-dealkylation sites (tertiary alicyclic amines) is 1. The molecular formula is C18H21NO5. The Morgan fingerprint density at radius 3 is 2.79 bits per heavy atom. The Kier molecular flexibility index (Phi) is 4.30. The number of methoxy groups -OCH3 is 1. The molecule has 0 N–H and O–H groups in total. The van der Waals surface area contributed by atoms with Gasteiger partial charge in [0.25, 0.3) is 0 Å². The minimum Gasteiger partial charge on any atom is -0.468 e. The monoisotopic (exact) mass is 331 g/mol. The van der Waals surface area contributed by atoms with Crippen LogP contribution < -0.4 is 0 Å². The lowest BCUT2D eigenvalue weighted by Crippen LogP contribution is -2.38. The molecule has 3 rings (SSSR count). The van der Waals surface area contributed by atoms with Crippen molar-refractivity contribution in [2.45, 2.75) is 39.0 Å². The number of nitrogens with zero attached hydrogens (tertiary/aromatic N) is 1. The van der Waals surface area contributed by atoms with Gasteiger partial charge in [0.05, 0.1) is 7.11 Å². The summed E-state index contributed by atoms with van der Waals surface area (Å²) in [6, 6.07) is 3.84. The Hall–Kier alpha value is -2.37. The van der Waals surface area contributed by atoms with E-state index in [0.717, 1.165) is 24.4 Å². The molecule has 2 aliphatic rings. The van der Waals surface area contributed by atoms with Crippen LogP contribution in [0.2, 0.25) is 0 Å². The SMILES string of the molecule is COC(=O)C12CC(=O)CC=C1N(CCCc1ccc(C)o1)C(=O)C2. The van der Waals surface area contributed by atoms with Crippen LogP contribution in [0, 0.1) is 12.3 Å². The van der Waals surface area contributed by atoms with Crippen molar-refractivity contribution in [2.24, 2.45) is 5.41 Å². The molecule has 128 valence electrons. The lowest BCUT2D eigenvalue weighted by atomic mass is 9.75. The van der Waals surface area contributed by atoms with Gasteiger partial charge in [-0.25, -0.2) is 0 Å². The van der Waals surface area contributed by atoms with E-state index >= 15 is 0 Å². The fraction of sp³-hybridized carbons (Fsp3) is 0.500. The standard InChI is InChI=1S/C18H21NO5/c1-12-5-7-14(24-12)4-3-9-19-15-8-6-13(20)10-18(15,11-16(19)21)17(22)23-2/h5,7-8H,3-4,6,9-11H2,1-2H3. The van der Waals surface area contributed by atoms with Crippen molar-refractivity contribution < 1.29 is 23.5 Å². The largest absolute Gasteiger partial charge is 0.468 e. The predicted molar refractivity (Wildman–Crippen MR) is 84.9 cm³/mol.